The molecule has 0 aromatic heterocycles. The second kappa shape index (κ2) is 5.88. The first-order chi connectivity index (χ1) is 8.21. The molecule has 1 rings (SSSR count). The van der Waals surface area contributed by atoms with Gasteiger partial charge >= 0.3 is 6.18 Å². The van der Waals surface area contributed by atoms with Crippen LogP contribution in [-0.4, -0.2) is 61.6 Å². The number of halogens is 3. The Hall–Kier alpha value is -0.820. The third kappa shape index (κ3) is 4.13. The molecular weight excluding hydrogens is 245 g/mol. The quantitative estimate of drug-likeness (QED) is 0.579. The van der Waals surface area contributed by atoms with Gasteiger partial charge in [-0.1, -0.05) is 0 Å². The number of hydrogen-bond acceptors (Lipinski definition) is 3. The average Bonchev–Trinajstić information content (AvgIpc) is 2.59. The Labute approximate surface area is 105 Å². The minimum Gasteiger partial charge on any atom is -0.387 e. The molecule has 0 aliphatic carbocycles. The molecule has 7 heteroatoms. The number of likely N-dealkylation sites (N-methyl/N-ethyl adjacent to an activating group) is 2. The summed E-state index contributed by atoms with van der Waals surface area (Å²) in [6.45, 7) is 1.33. The van der Waals surface area contributed by atoms with Crippen LogP contribution in [0.5, 0.6) is 0 Å². The molecule has 0 spiro atoms. The Kier molecular flexibility index (Phi) is 4.98. The highest BCUT2D eigenvalue weighted by Gasteiger charge is 2.42. The monoisotopic (exact) mass is 266 g/mol. The first kappa shape index (κ1) is 15.2. The third-order valence-corrected chi connectivity index (χ3v) is 3.46. The van der Waals surface area contributed by atoms with Crippen molar-refractivity contribution in [2.45, 2.75) is 25.1 Å². The normalized spacial score (nSPS) is 23.6. The lowest BCUT2D eigenvalue weighted by Gasteiger charge is -2.29. The van der Waals surface area contributed by atoms with Gasteiger partial charge in [-0.15, -0.1) is 0 Å². The SMILES string of the molecule is CN(CC1CCCN1C)CC(C(=N)N)C(F)(F)F. The Bertz CT molecular complexity index is 293. The Balaban J connectivity index is 2.51. The Morgan fingerprint density at radius 3 is 2.56 bits per heavy atom. The van der Waals surface area contributed by atoms with E-state index in [0.29, 0.717) is 12.6 Å². The predicted molar refractivity (Wildman–Crippen MR) is 64.6 cm³/mol. The van der Waals surface area contributed by atoms with Gasteiger partial charge in [0.05, 0.1) is 0 Å². The highest BCUT2D eigenvalue weighted by molar-refractivity contribution is 5.80. The Morgan fingerprint density at radius 2 is 2.17 bits per heavy atom. The highest BCUT2D eigenvalue weighted by Crippen LogP contribution is 2.27. The summed E-state index contributed by atoms with van der Waals surface area (Å²) in [6.07, 6.45) is -2.34. The van der Waals surface area contributed by atoms with E-state index in [1.807, 2.05) is 7.05 Å². The van der Waals surface area contributed by atoms with Gasteiger partial charge in [-0.3, -0.25) is 5.41 Å². The summed E-state index contributed by atoms with van der Waals surface area (Å²) >= 11 is 0. The van der Waals surface area contributed by atoms with Gasteiger partial charge in [-0.25, -0.2) is 0 Å². The average molecular weight is 266 g/mol. The summed E-state index contributed by atoms with van der Waals surface area (Å²) in [4.78, 5) is 3.78. The topological polar surface area (TPSA) is 56.4 Å². The molecule has 106 valence electrons. The first-order valence-corrected chi connectivity index (χ1v) is 6.01. The molecule has 0 bridgehead atoms. The summed E-state index contributed by atoms with van der Waals surface area (Å²) in [6, 6.07) is 0.302. The van der Waals surface area contributed by atoms with E-state index in [0.717, 1.165) is 19.4 Å². The van der Waals surface area contributed by atoms with E-state index in [1.165, 1.54) is 0 Å². The third-order valence-electron chi connectivity index (χ3n) is 3.46. The fourth-order valence-electron chi connectivity index (χ4n) is 2.33. The van der Waals surface area contributed by atoms with Crippen molar-refractivity contribution >= 4 is 5.84 Å². The lowest BCUT2D eigenvalue weighted by molar-refractivity contribution is -0.159. The van der Waals surface area contributed by atoms with Crippen molar-refractivity contribution in [1.82, 2.24) is 9.80 Å². The summed E-state index contributed by atoms with van der Waals surface area (Å²) in [5.41, 5.74) is 5.03. The van der Waals surface area contributed by atoms with Crippen molar-refractivity contribution in [1.29, 1.82) is 5.41 Å². The van der Waals surface area contributed by atoms with Crippen molar-refractivity contribution in [3.8, 4) is 0 Å². The minimum absolute atomic E-state index is 0.247. The number of nitrogens with one attached hydrogen (secondary N) is 1. The van der Waals surface area contributed by atoms with Gasteiger partial charge in [0.15, 0.2) is 0 Å². The Morgan fingerprint density at radius 1 is 1.56 bits per heavy atom. The summed E-state index contributed by atoms with van der Waals surface area (Å²) in [5.74, 6) is -2.68. The van der Waals surface area contributed by atoms with Crippen LogP contribution in [0.15, 0.2) is 0 Å². The van der Waals surface area contributed by atoms with Crippen LogP contribution in [0, 0.1) is 11.3 Å². The van der Waals surface area contributed by atoms with Gasteiger partial charge in [0.2, 0.25) is 0 Å². The van der Waals surface area contributed by atoms with Gasteiger partial charge in [-0.05, 0) is 33.5 Å². The van der Waals surface area contributed by atoms with Crippen LogP contribution in [0.4, 0.5) is 13.2 Å². The maximum absolute atomic E-state index is 12.7. The summed E-state index contributed by atoms with van der Waals surface area (Å²) in [7, 11) is 3.63. The standard InChI is InChI=1S/C11H21F3N4/c1-17(6-8-4-3-5-18(8)2)7-9(10(15)16)11(12,13)14/h8-9H,3-7H2,1-2H3,(H3,15,16). The maximum Gasteiger partial charge on any atom is 0.399 e. The molecule has 1 heterocycles. The predicted octanol–water partition coefficient (Wildman–Crippen LogP) is 1.13. The van der Waals surface area contributed by atoms with E-state index < -0.39 is 17.9 Å². The van der Waals surface area contributed by atoms with E-state index in [1.54, 1.807) is 11.9 Å². The molecule has 2 unspecified atom stereocenters. The maximum atomic E-state index is 12.7. The molecule has 18 heavy (non-hydrogen) atoms. The van der Waals surface area contributed by atoms with Crippen LogP contribution in [0.2, 0.25) is 0 Å². The molecule has 3 N–H and O–H groups in total. The van der Waals surface area contributed by atoms with Crippen molar-refractivity contribution in [2.75, 3.05) is 33.7 Å². The van der Waals surface area contributed by atoms with Crippen molar-refractivity contribution in [3.63, 3.8) is 0 Å². The number of alkyl halides is 3. The zero-order valence-electron chi connectivity index (χ0n) is 10.8. The molecule has 0 amide bonds. The zero-order chi connectivity index (χ0) is 13.9. The van der Waals surface area contributed by atoms with Gasteiger partial charge in [-0.2, -0.15) is 13.2 Å². The zero-order valence-corrected chi connectivity index (χ0v) is 10.8. The molecule has 0 radical (unpaired) electrons. The molecule has 1 aliphatic rings. The van der Waals surface area contributed by atoms with E-state index in [2.05, 4.69) is 4.90 Å². The van der Waals surface area contributed by atoms with Gasteiger partial charge in [0.1, 0.15) is 11.8 Å². The van der Waals surface area contributed by atoms with Crippen LogP contribution in [0.3, 0.4) is 0 Å². The van der Waals surface area contributed by atoms with Gasteiger partial charge in [0, 0.05) is 19.1 Å². The molecule has 1 saturated heterocycles. The molecule has 1 aliphatic heterocycles. The number of rotatable bonds is 5. The molecule has 1 fully saturated rings. The second-order valence-corrected chi connectivity index (χ2v) is 5.05. The molecular formula is C11H21F3N4. The lowest BCUT2D eigenvalue weighted by atomic mass is 10.1. The fourth-order valence-corrected chi connectivity index (χ4v) is 2.33. The van der Waals surface area contributed by atoms with Crippen molar-refractivity contribution in [3.05, 3.63) is 0 Å². The lowest BCUT2D eigenvalue weighted by Crippen LogP contribution is -2.45. The number of likely N-dealkylation sites (tertiary alicyclic amines) is 1. The van der Waals surface area contributed by atoms with Crippen LogP contribution >= 0.6 is 0 Å². The van der Waals surface area contributed by atoms with Crippen LogP contribution in [0.25, 0.3) is 0 Å². The number of nitrogens with two attached hydrogens (primary N) is 1. The van der Waals surface area contributed by atoms with E-state index >= 15 is 0 Å². The first-order valence-electron chi connectivity index (χ1n) is 6.01. The number of amidine groups is 1. The fraction of sp³-hybridized carbons (Fsp3) is 0.909. The molecule has 0 saturated carbocycles. The van der Waals surface area contributed by atoms with E-state index in [-0.39, 0.29) is 6.54 Å². The van der Waals surface area contributed by atoms with Crippen molar-refractivity contribution in [2.24, 2.45) is 11.7 Å². The highest BCUT2D eigenvalue weighted by atomic mass is 19.4. The van der Waals surface area contributed by atoms with E-state index in [4.69, 9.17) is 11.1 Å². The molecule has 0 aromatic carbocycles. The summed E-state index contributed by atoms with van der Waals surface area (Å²) in [5, 5.41) is 7.05. The largest absolute Gasteiger partial charge is 0.399 e. The van der Waals surface area contributed by atoms with Gasteiger partial charge in [0.25, 0.3) is 0 Å². The van der Waals surface area contributed by atoms with E-state index in [9.17, 15) is 13.2 Å². The summed E-state index contributed by atoms with van der Waals surface area (Å²) < 4.78 is 38.0. The van der Waals surface area contributed by atoms with Gasteiger partial charge < -0.3 is 15.5 Å². The minimum atomic E-state index is -4.44. The number of nitrogens with zero attached hydrogens (tertiary/aromatic N) is 2. The molecule has 4 nitrogen and oxygen atoms in total. The molecule has 2 atom stereocenters. The van der Waals surface area contributed by atoms with Crippen molar-refractivity contribution < 1.29 is 13.2 Å². The second-order valence-electron chi connectivity index (χ2n) is 5.05. The van der Waals surface area contributed by atoms with Crippen LogP contribution in [-0.2, 0) is 0 Å². The smallest absolute Gasteiger partial charge is 0.387 e. The van der Waals surface area contributed by atoms with Crippen LogP contribution < -0.4 is 5.73 Å². The number of hydrogen-bond donors (Lipinski definition) is 2. The van der Waals surface area contributed by atoms with Crippen LogP contribution in [0.1, 0.15) is 12.8 Å². The molecule has 0 aromatic rings.